The highest BCUT2D eigenvalue weighted by Crippen LogP contribution is 2.16. The monoisotopic (exact) mass is 148 g/mol. The highest BCUT2D eigenvalue weighted by Gasteiger charge is 1.95. The van der Waals surface area contributed by atoms with Crippen LogP contribution in [0.1, 0.15) is 11.1 Å². The van der Waals surface area contributed by atoms with Crippen LogP contribution in [-0.2, 0) is 0 Å². The molecular formula is C9H12N2. The zero-order chi connectivity index (χ0) is 8.27. The molecule has 0 radical (unpaired) electrons. The lowest BCUT2D eigenvalue weighted by Gasteiger charge is -2.04. The van der Waals surface area contributed by atoms with Gasteiger partial charge in [0.2, 0.25) is 0 Å². The van der Waals surface area contributed by atoms with Crippen LogP contribution in [0.15, 0.2) is 24.8 Å². The van der Waals surface area contributed by atoms with Crippen LogP contribution in [-0.4, -0.2) is 0 Å². The van der Waals surface area contributed by atoms with Crippen molar-refractivity contribution >= 4 is 11.8 Å². The first-order valence-corrected chi connectivity index (χ1v) is 3.47. The number of anilines is 1. The third-order valence-electron chi connectivity index (χ3n) is 1.58. The second-order valence-electron chi connectivity index (χ2n) is 2.44. The van der Waals surface area contributed by atoms with Crippen molar-refractivity contribution in [3.63, 3.8) is 0 Å². The molecule has 1 rings (SSSR count). The molecule has 0 atom stereocenters. The number of nitrogen functional groups attached to an aromatic ring is 1. The van der Waals surface area contributed by atoms with E-state index in [0.29, 0.717) is 0 Å². The molecule has 2 nitrogen and oxygen atoms in total. The Hall–Kier alpha value is -1.28. The van der Waals surface area contributed by atoms with E-state index in [4.69, 9.17) is 5.84 Å². The van der Waals surface area contributed by atoms with Crippen LogP contribution in [0.3, 0.4) is 0 Å². The molecule has 0 aliphatic carbocycles. The molecule has 0 amide bonds. The number of benzene rings is 1. The Morgan fingerprint density at radius 2 is 2.27 bits per heavy atom. The van der Waals surface area contributed by atoms with Crippen molar-refractivity contribution in [2.45, 2.75) is 6.92 Å². The van der Waals surface area contributed by atoms with Crippen molar-refractivity contribution in [1.29, 1.82) is 0 Å². The van der Waals surface area contributed by atoms with Gasteiger partial charge in [0.1, 0.15) is 0 Å². The molecule has 0 aliphatic rings. The number of nitrogens with one attached hydrogen (secondary N) is 1. The fourth-order valence-electron chi connectivity index (χ4n) is 0.973. The van der Waals surface area contributed by atoms with Gasteiger partial charge in [0, 0.05) is 0 Å². The number of hydrazine groups is 1. The summed E-state index contributed by atoms with van der Waals surface area (Å²) in [6.07, 6.45) is 1.77. The molecule has 0 aliphatic heterocycles. The summed E-state index contributed by atoms with van der Waals surface area (Å²) in [5.74, 6) is 5.30. The molecule has 0 aromatic heterocycles. The SMILES string of the molecule is C=Cc1ccc(C)cc1NN. The van der Waals surface area contributed by atoms with Gasteiger partial charge in [-0.2, -0.15) is 0 Å². The molecule has 0 fully saturated rings. The molecule has 1 aromatic carbocycles. The predicted octanol–water partition coefficient (Wildman–Crippen LogP) is 1.92. The highest BCUT2D eigenvalue weighted by atomic mass is 15.2. The fourth-order valence-corrected chi connectivity index (χ4v) is 0.973. The Balaban J connectivity index is 3.16. The molecule has 1 aromatic rings. The Morgan fingerprint density at radius 3 is 2.82 bits per heavy atom. The lowest BCUT2D eigenvalue weighted by molar-refractivity contribution is 1.32. The molecule has 0 unspecified atom stereocenters. The van der Waals surface area contributed by atoms with Crippen LogP contribution in [0.4, 0.5) is 5.69 Å². The molecule has 58 valence electrons. The van der Waals surface area contributed by atoms with E-state index in [9.17, 15) is 0 Å². The van der Waals surface area contributed by atoms with Crippen molar-refractivity contribution < 1.29 is 0 Å². The maximum absolute atomic E-state index is 5.30. The first-order valence-electron chi connectivity index (χ1n) is 3.47. The molecule has 0 spiro atoms. The normalized spacial score (nSPS) is 9.27. The summed E-state index contributed by atoms with van der Waals surface area (Å²) in [4.78, 5) is 0. The minimum Gasteiger partial charge on any atom is -0.324 e. The van der Waals surface area contributed by atoms with Crippen LogP contribution in [0.2, 0.25) is 0 Å². The summed E-state index contributed by atoms with van der Waals surface area (Å²) in [5, 5.41) is 0. The van der Waals surface area contributed by atoms with Gasteiger partial charge in [0.15, 0.2) is 0 Å². The topological polar surface area (TPSA) is 38.0 Å². The largest absolute Gasteiger partial charge is 0.324 e. The lowest BCUT2D eigenvalue weighted by Crippen LogP contribution is -2.08. The predicted molar refractivity (Wildman–Crippen MR) is 49.1 cm³/mol. The van der Waals surface area contributed by atoms with Gasteiger partial charge in [-0.3, -0.25) is 5.84 Å². The minimum atomic E-state index is 0.917. The highest BCUT2D eigenvalue weighted by molar-refractivity contribution is 5.65. The van der Waals surface area contributed by atoms with E-state index in [-0.39, 0.29) is 0 Å². The first kappa shape index (κ1) is 7.82. The zero-order valence-electron chi connectivity index (χ0n) is 6.59. The molecule has 0 bridgehead atoms. The zero-order valence-corrected chi connectivity index (χ0v) is 6.59. The average molecular weight is 148 g/mol. The van der Waals surface area contributed by atoms with E-state index in [1.54, 1.807) is 6.08 Å². The Kier molecular flexibility index (Phi) is 2.28. The van der Waals surface area contributed by atoms with Crippen LogP contribution in [0.5, 0.6) is 0 Å². The third kappa shape index (κ3) is 1.59. The quantitative estimate of drug-likeness (QED) is 0.496. The number of rotatable bonds is 2. The molecular weight excluding hydrogens is 136 g/mol. The molecule has 2 heteroatoms. The van der Waals surface area contributed by atoms with Crippen LogP contribution >= 0.6 is 0 Å². The number of aryl methyl sites for hydroxylation is 1. The Labute approximate surface area is 66.7 Å². The second-order valence-corrected chi connectivity index (χ2v) is 2.44. The fraction of sp³-hybridized carbons (Fsp3) is 0.111. The van der Waals surface area contributed by atoms with E-state index in [2.05, 4.69) is 12.0 Å². The molecule has 3 N–H and O–H groups in total. The Bertz CT molecular complexity index is 266. The van der Waals surface area contributed by atoms with Crippen molar-refractivity contribution in [3.8, 4) is 0 Å². The van der Waals surface area contributed by atoms with Gasteiger partial charge >= 0.3 is 0 Å². The molecule has 11 heavy (non-hydrogen) atoms. The summed E-state index contributed by atoms with van der Waals surface area (Å²) < 4.78 is 0. The van der Waals surface area contributed by atoms with Gasteiger partial charge in [-0.25, -0.2) is 0 Å². The summed E-state index contributed by atoms with van der Waals surface area (Å²) in [6, 6.07) is 5.99. The van der Waals surface area contributed by atoms with Crippen molar-refractivity contribution in [2.75, 3.05) is 5.43 Å². The third-order valence-corrected chi connectivity index (χ3v) is 1.58. The smallest absolute Gasteiger partial charge is 0.0559 e. The minimum absolute atomic E-state index is 0.917. The second kappa shape index (κ2) is 3.21. The van der Waals surface area contributed by atoms with Crippen LogP contribution in [0, 0.1) is 6.92 Å². The van der Waals surface area contributed by atoms with Gasteiger partial charge in [-0.15, -0.1) is 0 Å². The standard InChI is InChI=1S/C9H12N2/c1-3-8-5-4-7(2)6-9(8)11-10/h3-6,11H,1,10H2,2H3. The van der Waals surface area contributed by atoms with Crippen LogP contribution < -0.4 is 11.3 Å². The summed E-state index contributed by atoms with van der Waals surface area (Å²) in [7, 11) is 0. The lowest BCUT2D eigenvalue weighted by atomic mass is 10.1. The van der Waals surface area contributed by atoms with E-state index in [0.717, 1.165) is 11.3 Å². The van der Waals surface area contributed by atoms with Gasteiger partial charge < -0.3 is 5.43 Å². The van der Waals surface area contributed by atoms with E-state index >= 15 is 0 Å². The van der Waals surface area contributed by atoms with Gasteiger partial charge in [0.25, 0.3) is 0 Å². The van der Waals surface area contributed by atoms with E-state index in [1.165, 1.54) is 5.56 Å². The molecule has 0 saturated carbocycles. The van der Waals surface area contributed by atoms with Crippen molar-refractivity contribution in [2.24, 2.45) is 5.84 Å². The first-order chi connectivity index (χ1) is 5.27. The van der Waals surface area contributed by atoms with Gasteiger partial charge in [-0.05, 0) is 24.1 Å². The molecule has 0 heterocycles. The number of hydrogen-bond donors (Lipinski definition) is 2. The maximum atomic E-state index is 5.30. The van der Waals surface area contributed by atoms with Gasteiger partial charge in [-0.1, -0.05) is 24.8 Å². The maximum Gasteiger partial charge on any atom is 0.0559 e. The van der Waals surface area contributed by atoms with Crippen molar-refractivity contribution in [3.05, 3.63) is 35.9 Å². The molecule has 0 saturated heterocycles. The summed E-state index contributed by atoms with van der Waals surface area (Å²) >= 11 is 0. The van der Waals surface area contributed by atoms with Gasteiger partial charge in [0.05, 0.1) is 5.69 Å². The van der Waals surface area contributed by atoms with E-state index in [1.807, 2.05) is 25.1 Å². The van der Waals surface area contributed by atoms with Crippen molar-refractivity contribution in [1.82, 2.24) is 0 Å². The Morgan fingerprint density at radius 1 is 1.55 bits per heavy atom. The number of hydrogen-bond acceptors (Lipinski definition) is 2. The van der Waals surface area contributed by atoms with Crippen LogP contribution in [0.25, 0.3) is 6.08 Å². The summed E-state index contributed by atoms with van der Waals surface area (Å²) in [6.45, 7) is 5.70. The summed E-state index contributed by atoms with van der Waals surface area (Å²) in [5.41, 5.74) is 5.74. The average Bonchev–Trinajstić information content (AvgIpc) is 2.04. The van der Waals surface area contributed by atoms with E-state index < -0.39 is 0 Å². The number of nitrogens with two attached hydrogens (primary N) is 1.